The normalized spacial score (nSPS) is 9.00. The fourth-order valence-corrected chi connectivity index (χ4v) is 0.600. The number of thiocarbonyl (C=S) groups is 1. The van der Waals surface area contributed by atoms with Crippen LogP contribution in [0.1, 0.15) is 26.2 Å². The Bertz CT molecular complexity index is 85.1. The van der Waals surface area contributed by atoms with Gasteiger partial charge in [-0.3, -0.25) is 5.73 Å². The summed E-state index contributed by atoms with van der Waals surface area (Å²) < 4.78 is 4.74. The first-order valence-electron chi connectivity index (χ1n) is 3.15. The molecule has 0 aromatic rings. The SMILES string of the molecule is CCCCCOC([NH])=S. The van der Waals surface area contributed by atoms with Crippen molar-refractivity contribution in [3.05, 3.63) is 0 Å². The monoisotopic (exact) mass is 146 g/mol. The smallest absolute Gasteiger partial charge is 0.275 e. The van der Waals surface area contributed by atoms with Crippen molar-refractivity contribution < 1.29 is 4.74 Å². The summed E-state index contributed by atoms with van der Waals surface area (Å²) in [5.41, 5.74) is 6.72. The molecule has 53 valence electrons. The van der Waals surface area contributed by atoms with E-state index in [1.165, 1.54) is 6.42 Å². The highest BCUT2D eigenvalue weighted by Gasteiger charge is 1.88. The minimum absolute atomic E-state index is 0.0916. The van der Waals surface area contributed by atoms with Crippen LogP contribution in [0.15, 0.2) is 0 Å². The minimum atomic E-state index is -0.0916. The molecule has 2 nitrogen and oxygen atoms in total. The average molecular weight is 146 g/mol. The largest absolute Gasteiger partial charge is 0.470 e. The van der Waals surface area contributed by atoms with Gasteiger partial charge in [-0.05, 0) is 18.6 Å². The molecule has 0 atom stereocenters. The van der Waals surface area contributed by atoms with Gasteiger partial charge < -0.3 is 4.74 Å². The van der Waals surface area contributed by atoms with Gasteiger partial charge in [0.05, 0.1) is 6.61 Å². The lowest BCUT2D eigenvalue weighted by atomic mass is 10.3. The number of rotatable bonds is 4. The molecule has 0 aromatic heterocycles. The van der Waals surface area contributed by atoms with Gasteiger partial charge in [-0.15, -0.1) is 0 Å². The van der Waals surface area contributed by atoms with E-state index in [9.17, 15) is 0 Å². The standard InChI is InChI=1S/C6H12NOS/c1-2-3-4-5-8-6(7)9/h7H,2-5H2,1H3. The first-order chi connectivity index (χ1) is 4.27. The number of hydrogen-bond acceptors (Lipinski definition) is 2. The highest BCUT2D eigenvalue weighted by Crippen LogP contribution is 1.93. The third-order valence-corrected chi connectivity index (χ3v) is 1.10. The van der Waals surface area contributed by atoms with Gasteiger partial charge in [0.15, 0.2) is 0 Å². The lowest BCUT2D eigenvalue weighted by molar-refractivity contribution is 0.296. The second kappa shape index (κ2) is 5.82. The van der Waals surface area contributed by atoms with Gasteiger partial charge in [0.2, 0.25) is 0 Å². The van der Waals surface area contributed by atoms with Crippen LogP contribution in [0.2, 0.25) is 0 Å². The fourth-order valence-electron chi connectivity index (χ4n) is 0.517. The van der Waals surface area contributed by atoms with Crippen molar-refractivity contribution in [2.45, 2.75) is 26.2 Å². The molecule has 0 bridgehead atoms. The van der Waals surface area contributed by atoms with Gasteiger partial charge in [0.1, 0.15) is 0 Å². The zero-order chi connectivity index (χ0) is 7.11. The Morgan fingerprint density at radius 3 is 2.67 bits per heavy atom. The molecular formula is C6H12NOS. The van der Waals surface area contributed by atoms with Gasteiger partial charge in [-0.25, -0.2) is 0 Å². The van der Waals surface area contributed by atoms with Crippen LogP contribution in [0.3, 0.4) is 0 Å². The third kappa shape index (κ3) is 7.69. The van der Waals surface area contributed by atoms with Crippen molar-refractivity contribution in [3.63, 3.8) is 0 Å². The summed E-state index contributed by atoms with van der Waals surface area (Å²) in [5.74, 6) is 0. The van der Waals surface area contributed by atoms with Crippen molar-refractivity contribution in [2.24, 2.45) is 0 Å². The average Bonchev–Trinajstić information content (AvgIpc) is 1.80. The van der Waals surface area contributed by atoms with E-state index in [-0.39, 0.29) is 5.17 Å². The second-order valence-electron chi connectivity index (χ2n) is 1.84. The maximum absolute atomic E-state index is 6.72. The molecule has 0 heterocycles. The van der Waals surface area contributed by atoms with Crippen molar-refractivity contribution in [1.82, 2.24) is 5.73 Å². The lowest BCUT2D eigenvalue weighted by Gasteiger charge is -1.99. The van der Waals surface area contributed by atoms with E-state index in [4.69, 9.17) is 10.5 Å². The summed E-state index contributed by atoms with van der Waals surface area (Å²) in [6.45, 7) is 2.73. The van der Waals surface area contributed by atoms with Gasteiger partial charge in [0, 0.05) is 0 Å². The number of nitrogens with one attached hydrogen (secondary N) is 1. The molecule has 0 spiro atoms. The molecular weight excluding hydrogens is 134 g/mol. The molecule has 1 radical (unpaired) electrons. The van der Waals surface area contributed by atoms with Crippen LogP contribution in [-0.4, -0.2) is 11.8 Å². The predicted octanol–water partition coefficient (Wildman–Crippen LogP) is 1.76. The molecule has 9 heavy (non-hydrogen) atoms. The predicted molar refractivity (Wildman–Crippen MR) is 41.2 cm³/mol. The number of unbranched alkanes of at least 4 members (excludes halogenated alkanes) is 2. The summed E-state index contributed by atoms with van der Waals surface area (Å²) >= 11 is 4.39. The van der Waals surface area contributed by atoms with Crippen LogP contribution in [0, 0.1) is 0 Å². The van der Waals surface area contributed by atoms with Gasteiger partial charge in [-0.2, -0.15) is 0 Å². The van der Waals surface area contributed by atoms with E-state index in [1.807, 2.05) is 0 Å². The first kappa shape index (κ1) is 8.69. The molecule has 0 aliphatic rings. The Kier molecular flexibility index (Phi) is 5.62. The topological polar surface area (TPSA) is 33.0 Å². The summed E-state index contributed by atoms with van der Waals surface area (Å²) in [4.78, 5) is 0. The number of hydrogen-bond donors (Lipinski definition) is 0. The van der Waals surface area contributed by atoms with Crippen molar-refractivity contribution >= 4 is 17.4 Å². The van der Waals surface area contributed by atoms with E-state index in [1.54, 1.807) is 0 Å². The van der Waals surface area contributed by atoms with Crippen LogP contribution in [0.4, 0.5) is 0 Å². The van der Waals surface area contributed by atoms with Crippen molar-refractivity contribution in [3.8, 4) is 0 Å². The third-order valence-electron chi connectivity index (χ3n) is 0.981. The lowest BCUT2D eigenvalue weighted by Crippen LogP contribution is -2.02. The maximum Gasteiger partial charge on any atom is 0.275 e. The van der Waals surface area contributed by atoms with Gasteiger partial charge in [0.25, 0.3) is 5.17 Å². The van der Waals surface area contributed by atoms with E-state index in [0.29, 0.717) is 6.61 Å². The van der Waals surface area contributed by atoms with Crippen LogP contribution in [0.25, 0.3) is 0 Å². The van der Waals surface area contributed by atoms with Crippen molar-refractivity contribution in [1.29, 1.82) is 0 Å². The molecule has 1 N–H and O–H groups in total. The van der Waals surface area contributed by atoms with E-state index >= 15 is 0 Å². The van der Waals surface area contributed by atoms with Gasteiger partial charge in [-0.1, -0.05) is 19.8 Å². The van der Waals surface area contributed by atoms with Crippen LogP contribution in [0.5, 0.6) is 0 Å². The molecule has 0 unspecified atom stereocenters. The summed E-state index contributed by atoms with van der Waals surface area (Å²) in [7, 11) is 0. The summed E-state index contributed by atoms with van der Waals surface area (Å²) in [5, 5.41) is -0.0916. The molecule has 0 rings (SSSR count). The first-order valence-corrected chi connectivity index (χ1v) is 3.56. The zero-order valence-corrected chi connectivity index (χ0v) is 6.46. The van der Waals surface area contributed by atoms with E-state index in [2.05, 4.69) is 19.1 Å². The fraction of sp³-hybridized carbons (Fsp3) is 0.833. The Balaban J connectivity index is 2.83. The minimum Gasteiger partial charge on any atom is -0.470 e. The van der Waals surface area contributed by atoms with Crippen LogP contribution in [-0.2, 0) is 4.74 Å². The van der Waals surface area contributed by atoms with Crippen molar-refractivity contribution in [2.75, 3.05) is 6.61 Å². The van der Waals surface area contributed by atoms with Crippen LogP contribution >= 0.6 is 12.2 Å². The Morgan fingerprint density at radius 1 is 1.56 bits per heavy atom. The Labute approximate surface area is 61.4 Å². The second-order valence-corrected chi connectivity index (χ2v) is 2.21. The van der Waals surface area contributed by atoms with E-state index in [0.717, 1.165) is 12.8 Å². The summed E-state index contributed by atoms with van der Waals surface area (Å²) in [6, 6.07) is 0. The molecule has 0 amide bonds. The molecule has 0 aliphatic carbocycles. The molecule has 0 aliphatic heterocycles. The Hall–Kier alpha value is -0.310. The molecule has 3 heteroatoms. The van der Waals surface area contributed by atoms with Crippen LogP contribution < -0.4 is 5.73 Å². The zero-order valence-electron chi connectivity index (χ0n) is 5.64. The number of ether oxygens (including phenoxy) is 1. The maximum atomic E-state index is 6.72. The highest BCUT2D eigenvalue weighted by atomic mass is 32.1. The summed E-state index contributed by atoms with van der Waals surface area (Å²) in [6.07, 6.45) is 3.34. The molecule has 0 aromatic carbocycles. The molecule has 0 saturated carbocycles. The quantitative estimate of drug-likeness (QED) is 0.447. The molecule has 0 fully saturated rings. The van der Waals surface area contributed by atoms with Gasteiger partial charge >= 0.3 is 0 Å². The Morgan fingerprint density at radius 2 is 2.22 bits per heavy atom. The highest BCUT2D eigenvalue weighted by molar-refractivity contribution is 7.79. The van der Waals surface area contributed by atoms with E-state index < -0.39 is 0 Å². The molecule has 0 saturated heterocycles.